The van der Waals surface area contributed by atoms with E-state index in [1.165, 1.54) is 11.1 Å². The van der Waals surface area contributed by atoms with Gasteiger partial charge in [0.25, 0.3) is 5.91 Å². The molecule has 0 saturated carbocycles. The van der Waals surface area contributed by atoms with Gasteiger partial charge in [-0.2, -0.15) is 0 Å². The second kappa shape index (κ2) is 6.96. The molecule has 1 aliphatic heterocycles. The molecule has 3 aromatic rings. The third kappa shape index (κ3) is 3.12. The Morgan fingerprint density at radius 2 is 2.22 bits per heavy atom. The van der Waals surface area contributed by atoms with Crippen LogP contribution in [-0.4, -0.2) is 32.0 Å². The van der Waals surface area contributed by atoms with Crippen molar-refractivity contribution in [2.24, 2.45) is 0 Å². The monoisotopic (exact) mass is 365 g/mol. The Hall–Kier alpha value is -3.00. The zero-order valence-corrected chi connectivity index (χ0v) is 15.5. The standard InChI is InChI=1S/C19H23N7O/c1-3-26-17-16(25-19(26)20)6-12(8-23-17)18(27)24-10-15-11(2)22-9-13-7-21-5-4-14(13)15/h6,8-9,21H,3-5,7,10H2,1-2H3,(H2,20,25)(H,24,27). The Morgan fingerprint density at radius 3 is 3.04 bits per heavy atom. The highest BCUT2D eigenvalue weighted by Crippen LogP contribution is 2.21. The van der Waals surface area contributed by atoms with Crippen molar-refractivity contribution in [3.8, 4) is 0 Å². The van der Waals surface area contributed by atoms with Crippen molar-refractivity contribution in [3.63, 3.8) is 0 Å². The number of pyridine rings is 2. The molecule has 0 spiro atoms. The van der Waals surface area contributed by atoms with E-state index in [9.17, 15) is 4.79 Å². The van der Waals surface area contributed by atoms with E-state index in [1.54, 1.807) is 12.3 Å². The highest BCUT2D eigenvalue weighted by Gasteiger charge is 2.17. The number of aryl methyl sites for hydroxylation is 2. The Balaban J connectivity index is 1.56. The molecule has 0 atom stereocenters. The van der Waals surface area contributed by atoms with Crippen LogP contribution >= 0.6 is 0 Å². The van der Waals surface area contributed by atoms with E-state index >= 15 is 0 Å². The topological polar surface area (TPSA) is 111 Å². The van der Waals surface area contributed by atoms with Gasteiger partial charge in [-0.3, -0.25) is 14.3 Å². The Bertz CT molecular complexity index is 1020. The van der Waals surface area contributed by atoms with Gasteiger partial charge in [0, 0.05) is 37.7 Å². The number of carbonyl (C=O) groups is 1. The number of nitrogens with one attached hydrogen (secondary N) is 2. The zero-order chi connectivity index (χ0) is 19.0. The van der Waals surface area contributed by atoms with Crippen LogP contribution < -0.4 is 16.4 Å². The molecular formula is C19H23N7O. The first-order chi connectivity index (χ1) is 13.1. The van der Waals surface area contributed by atoms with E-state index in [-0.39, 0.29) is 5.91 Å². The summed E-state index contributed by atoms with van der Waals surface area (Å²) in [5, 5.41) is 6.35. The van der Waals surface area contributed by atoms with Crippen LogP contribution in [0.5, 0.6) is 0 Å². The van der Waals surface area contributed by atoms with Crippen LogP contribution in [0.25, 0.3) is 11.2 Å². The number of fused-ring (bicyclic) bond motifs is 2. The third-order valence-electron chi connectivity index (χ3n) is 5.09. The minimum Gasteiger partial charge on any atom is -0.369 e. The summed E-state index contributed by atoms with van der Waals surface area (Å²) in [5.74, 6) is 0.226. The van der Waals surface area contributed by atoms with Gasteiger partial charge in [-0.15, -0.1) is 0 Å². The summed E-state index contributed by atoms with van der Waals surface area (Å²) in [6, 6.07) is 1.73. The normalized spacial score (nSPS) is 13.6. The van der Waals surface area contributed by atoms with Crippen LogP contribution in [0.4, 0.5) is 5.95 Å². The number of aromatic nitrogens is 4. The number of carbonyl (C=O) groups excluding carboxylic acids is 1. The predicted molar refractivity (Wildman–Crippen MR) is 103 cm³/mol. The van der Waals surface area contributed by atoms with Gasteiger partial charge < -0.3 is 16.4 Å². The molecule has 1 amide bonds. The van der Waals surface area contributed by atoms with Gasteiger partial charge in [0.05, 0.1) is 5.56 Å². The SMILES string of the molecule is CCn1c(N)nc2cc(C(=O)NCc3c(C)ncc4c3CCNC4)cnc21. The summed E-state index contributed by atoms with van der Waals surface area (Å²) in [7, 11) is 0. The van der Waals surface area contributed by atoms with Gasteiger partial charge >= 0.3 is 0 Å². The first kappa shape index (κ1) is 17.4. The molecule has 0 fully saturated rings. The van der Waals surface area contributed by atoms with Crippen molar-refractivity contribution in [1.29, 1.82) is 0 Å². The van der Waals surface area contributed by atoms with E-state index in [0.717, 1.165) is 30.8 Å². The molecule has 0 radical (unpaired) electrons. The lowest BCUT2D eigenvalue weighted by Gasteiger charge is -2.21. The number of imidazole rings is 1. The van der Waals surface area contributed by atoms with Gasteiger partial charge in [-0.05, 0) is 49.6 Å². The van der Waals surface area contributed by atoms with Crippen LogP contribution in [0.3, 0.4) is 0 Å². The summed E-state index contributed by atoms with van der Waals surface area (Å²) >= 11 is 0. The van der Waals surface area contributed by atoms with Crippen LogP contribution in [-0.2, 0) is 26.1 Å². The first-order valence-corrected chi connectivity index (χ1v) is 9.15. The van der Waals surface area contributed by atoms with Gasteiger partial charge in [0.1, 0.15) is 5.52 Å². The fourth-order valence-electron chi connectivity index (χ4n) is 3.61. The third-order valence-corrected chi connectivity index (χ3v) is 5.09. The number of nitrogens with zero attached hydrogens (tertiary/aromatic N) is 4. The Morgan fingerprint density at radius 1 is 1.37 bits per heavy atom. The fourth-order valence-corrected chi connectivity index (χ4v) is 3.61. The minimum absolute atomic E-state index is 0.181. The van der Waals surface area contributed by atoms with E-state index in [4.69, 9.17) is 5.73 Å². The molecule has 0 aliphatic carbocycles. The van der Waals surface area contributed by atoms with E-state index in [0.29, 0.717) is 35.8 Å². The summed E-state index contributed by atoms with van der Waals surface area (Å²) in [5.41, 5.74) is 12.3. The molecule has 0 unspecified atom stereocenters. The van der Waals surface area contributed by atoms with Gasteiger partial charge in [-0.25, -0.2) is 9.97 Å². The number of amides is 1. The molecule has 0 aromatic carbocycles. The predicted octanol–water partition coefficient (Wildman–Crippen LogP) is 1.31. The van der Waals surface area contributed by atoms with Crippen LogP contribution in [0.2, 0.25) is 0 Å². The number of hydrogen-bond donors (Lipinski definition) is 3. The summed E-state index contributed by atoms with van der Waals surface area (Å²) in [4.78, 5) is 25.8. The molecule has 8 nitrogen and oxygen atoms in total. The van der Waals surface area contributed by atoms with Crippen molar-refractivity contribution in [1.82, 2.24) is 30.2 Å². The maximum atomic E-state index is 12.7. The van der Waals surface area contributed by atoms with Gasteiger partial charge in [0.2, 0.25) is 5.95 Å². The molecule has 8 heteroatoms. The Labute approximate surface area is 157 Å². The highest BCUT2D eigenvalue weighted by molar-refractivity contribution is 5.96. The lowest BCUT2D eigenvalue weighted by molar-refractivity contribution is 0.0950. The number of nitrogen functional groups attached to an aromatic ring is 1. The molecule has 140 valence electrons. The largest absolute Gasteiger partial charge is 0.369 e. The number of anilines is 1. The van der Waals surface area contributed by atoms with Gasteiger partial charge in [0.15, 0.2) is 5.65 Å². The molecule has 4 rings (SSSR count). The van der Waals surface area contributed by atoms with Crippen LogP contribution in [0, 0.1) is 6.92 Å². The molecule has 4 heterocycles. The summed E-state index contributed by atoms with van der Waals surface area (Å²) in [6.07, 6.45) is 4.44. The molecule has 4 N–H and O–H groups in total. The van der Waals surface area contributed by atoms with Crippen molar-refractivity contribution in [2.45, 2.75) is 39.9 Å². The average Bonchev–Trinajstić information content (AvgIpc) is 3.01. The van der Waals surface area contributed by atoms with Crippen molar-refractivity contribution in [3.05, 3.63) is 46.4 Å². The smallest absolute Gasteiger partial charge is 0.253 e. The maximum Gasteiger partial charge on any atom is 0.253 e. The Kier molecular flexibility index (Phi) is 4.49. The average molecular weight is 365 g/mol. The molecule has 27 heavy (non-hydrogen) atoms. The lowest BCUT2D eigenvalue weighted by atomic mass is 9.96. The second-order valence-electron chi connectivity index (χ2n) is 6.72. The van der Waals surface area contributed by atoms with Crippen LogP contribution in [0.15, 0.2) is 18.5 Å². The maximum absolute atomic E-state index is 12.7. The van der Waals surface area contributed by atoms with Crippen molar-refractivity contribution in [2.75, 3.05) is 12.3 Å². The lowest BCUT2D eigenvalue weighted by Crippen LogP contribution is -2.28. The van der Waals surface area contributed by atoms with Crippen molar-refractivity contribution >= 4 is 23.0 Å². The fraction of sp³-hybridized carbons (Fsp3) is 0.368. The zero-order valence-electron chi connectivity index (χ0n) is 15.5. The van der Waals surface area contributed by atoms with Gasteiger partial charge in [-0.1, -0.05) is 0 Å². The summed E-state index contributed by atoms with van der Waals surface area (Å²) in [6.45, 7) is 6.86. The second-order valence-corrected chi connectivity index (χ2v) is 6.72. The number of rotatable bonds is 4. The van der Waals surface area contributed by atoms with Crippen LogP contribution in [0.1, 0.15) is 39.7 Å². The molecule has 3 aromatic heterocycles. The van der Waals surface area contributed by atoms with E-state index in [1.807, 2.05) is 24.6 Å². The molecular weight excluding hydrogens is 342 g/mol. The number of nitrogens with two attached hydrogens (primary N) is 1. The number of hydrogen-bond acceptors (Lipinski definition) is 6. The quantitative estimate of drug-likeness (QED) is 0.643. The summed E-state index contributed by atoms with van der Waals surface area (Å²) < 4.78 is 1.82. The minimum atomic E-state index is -0.181. The molecule has 0 bridgehead atoms. The van der Waals surface area contributed by atoms with E-state index < -0.39 is 0 Å². The molecule has 1 aliphatic rings. The van der Waals surface area contributed by atoms with Crippen molar-refractivity contribution < 1.29 is 4.79 Å². The molecule has 0 saturated heterocycles. The highest BCUT2D eigenvalue weighted by atomic mass is 16.1. The van der Waals surface area contributed by atoms with E-state index in [2.05, 4.69) is 25.6 Å². The first-order valence-electron chi connectivity index (χ1n) is 9.15.